The SMILES string of the molecule is CC(=O)N(CCC(=O)Nc1ccc(C)cc1C)c1ccc(N2CCCC2)cc1. The largest absolute Gasteiger partial charge is 0.372 e. The molecule has 2 aromatic rings. The Labute approximate surface area is 167 Å². The van der Waals surface area contributed by atoms with Crippen LogP contribution >= 0.6 is 0 Å². The number of nitrogens with one attached hydrogen (secondary N) is 1. The minimum atomic E-state index is -0.0908. The molecule has 0 unspecified atom stereocenters. The maximum Gasteiger partial charge on any atom is 0.226 e. The molecule has 0 bridgehead atoms. The van der Waals surface area contributed by atoms with Gasteiger partial charge in [0.15, 0.2) is 0 Å². The standard InChI is InChI=1S/C23H29N3O2/c1-17-6-11-22(18(2)16-17)24-23(28)12-15-26(19(3)27)21-9-7-20(8-10-21)25-13-4-5-14-25/h6-11,16H,4-5,12-15H2,1-3H3,(H,24,28). The molecule has 0 aromatic heterocycles. The highest BCUT2D eigenvalue weighted by molar-refractivity contribution is 5.95. The number of carbonyl (C=O) groups excluding carboxylic acids is 2. The highest BCUT2D eigenvalue weighted by atomic mass is 16.2. The molecule has 0 atom stereocenters. The van der Waals surface area contributed by atoms with Crippen LogP contribution in [0.3, 0.4) is 0 Å². The summed E-state index contributed by atoms with van der Waals surface area (Å²) >= 11 is 0. The van der Waals surface area contributed by atoms with E-state index >= 15 is 0 Å². The van der Waals surface area contributed by atoms with Gasteiger partial charge in [-0.2, -0.15) is 0 Å². The van der Waals surface area contributed by atoms with Crippen LogP contribution in [0.4, 0.5) is 17.1 Å². The van der Waals surface area contributed by atoms with Gasteiger partial charge in [0.05, 0.1) is 0 Å². The molecule has 0 radical (unpaired) electrons. The molecule has 1 fully saturated rings. The molecule has 0 aliphatic carbocycles. The van der Waals surface area contributed by atoms with Crippen LogP contribution in [0, 0.1) is 13.8 Å². The van der Waals surface area contributed by atoms with Crippen molar-refractivity contribution in [3.63, 3.8) is 0 Å². The van der Waals surface area contributed by atoms with Crippen LogP contribution in [0.1, 0.15) is 37.3 Å². The number of hydrogen-bond acceptors (Lipinski definition) is 3. The fraction of sp³-hybridized carbons (Fsp3) is 0.391. The van der Waals surface area contributed by atoms with Crippen LogP contribution in [0.5, 0.6) is 0 Å². The van der Waals surface area contributed by atoms with Gasteiger partial charge in [0, 0.05) is 50.0 Å². The van der Waals surface area contributed by atoms with Gasteiger partial charge in [-0.05, 0) is 62.6 Å². The minimum Gasteiger partial charge on any atom is -0.372 e. The average Bonchev–Trinajstić information content (AvgIpc) is 3.19. The Morgan fingerprint density at radius 2 is 1.71 bits per heavy atom. The normalized spacial score (nSPS) is 13.5. The van der Waals surface area contributed by atoms with E-state index in [4.69, 9.17) is 0 Å². The molecule has 28 heavy (non-hydrogen) atoms. The Kier molecular flexibility index (Phi) is 6.34. The van der Waals surface area contributed by atoms with Gasteiger partial charge in [0.25, 0.3) is 0 Å². The lowest BCUT2D eigenvalue weighted by molar-refractivity contribution is -0.117. The van der Waals surface area contributed by atoms with E-state index in [1.165, 1.54) is 25.5 Å². The maximum absolute atomic E-state index is 12.4. The summed E-state index contributed by atoms with van der Waals surface area (Å²) in [5.41, 5.74) is 5.04. The fourth-order valence-electron chi connectivity index (χ4n) is 3.67. The van der Waals surface area contributed by atoms with Gasteiger partial charge in [0.2, 0.25) is 11.8 Å². The second kappa shape index (κ2) is 8.91. The molecule has 0 spiro atoms. The van der Waals surface area contributed by atoms with Gasteiger partial charge in [0.1, 0.15) is 0 Å². The molecule has 5 heteroatoms. The lowest BCUT2D eigenvalue weighted by Gasteiger charge is -2.23. The summed E-state index contributed by atoms with van der Waals surface area (Å²) in [5.74, 6) is -0.153. The van der Waals surface area contributed by atoms with E-state index in [2.05, 4.69) is 22.3 Å². The van der Waals surface area contributed by atoms with Gasteiger partial charge < -0.3 is 15.1 Å². The minimum absolute atomic E-state index is 0.0618. The Hall–Kier alpha value is -2.82. The van der Waals surface area contributed by atoms with Crippen molar-refractivity contribution in [1.29, 1.82) is 0 Å². The van der Waals surface area contributed by atoms with Crippen molar-refractivity contribution in [2.75, 3.05) is 34.8 Å². The number of anilines is 3. The third-order valence-corrected chi connectivity index (χ3v) is 5.23. The Morgan fingerprint density at radius 3 is 2.32 bits per heavy atom. The molecule has 1 N–H and O–H groups in total. The van der Waals surface area contributed by atoms with Crippen molar-refractivity contribution in [3.05, 3.63) is 53.6 Å². The van der Waals surface area contributed by atoms with Gasteiger partial charge >= 0.3 is 0 Å². The second-order valence-electron chi connectivity index (χ2n) is 7.50. The van der Waals surface area contributed by atoms with Gasteiger partial charge in [-0.1, -0.05) is 17.7 Å². The number of carbonyl (C=O) groups is 2. The summed E-state index contributed by atoms with van der Waals surface area (Å²) in [6.07, 6.45) is 2.72. The van der Waals surface area contributed by atoms with Crippen molar-refractivity contribution in [2.24, 2.45) is 0 Å². The van der Waals surface area contributed by atoms with E-state index in [0.29, 0.717) is 6.54 Å². The maximum atomic E-state index is 12.4. The molecule has 2 aromatic carbocycles. The van der Waals surface area contributed by atoms with Crippen LogP contribution < -0.4 is 15.1 Å². The van der Waals surface area contributed by atoms with E-state index in [0.717, 1.165) is 35.6 Å². The molecule has 1 aliphatic rings. The first-order valence-electron chi connectivity index (χ1n) is 9.94. The molecule has 148 valence electrons. The average molecular weight is 380 g/mol. The van der Waals surface area contributed by atoms with E-state index < -0.39 is 0 Å². The first-order valence-corrected chi connectivity index (χ1v) is 9.94. The van der Waals surface area contributed by atoms with Crippen LogP contribution in [0.25, 0.3) is 0 Å². The molecule has 1 heterocycles. The predicted octanol–water partition coefficient (Wildman–Crippen LogP) is 4.29. The molecule has 1 saturated heterocycles. The van der Waals surface area contributed by atoms with E-state index in [1.54, 1.807) is 4.90 Å². The topological polar surface area (TPSA) is 52.7 Å². The van der Waals surface area contributed by atoms with Crippen molar-refractivity contribution in [3.8, 4) is 0 Å². The zero-order valence-electron chi connectivity index (χ0n) is 17.0. The smallest absolute Gasteiger partial charge is 0.226 e. The van der Waals surface area contributed by atoms with Gasteiger partial charge in [-0.25, -0.2) is 0 Å². The van der Waals surface area contributed by atoms with E-state index in [9.17, 15) is 9.59 Å². The first-order chi connectivity index (χ1) is 13.4. The molecular weight excluding hydrogens is 350 g/mol. The lowest BCUT2D eigenvalue weighted by atomic mass is 10.1. The van der Waals surface area contributed by atoms with Gasteiger partial charge in [-0.15, -0.1) is 0 Å². The number of aryl methyl sites for hydroxylation is 2. The summed E-state index contributed by atoms with van der Waals surface area (Å²) < 4.78 is 0. The second-order valence-corrected chi connectivity index (χ2v) is 7.50. The van der Waals surface area contributed by atoms with Crippen LogP contribution in [0.15, 0.2) is 42.5 Å². The summed E-state index contributed by atoms with van der Waals surface area (Å²) in [4.78, 5) is 28.5. The van der Waals surface area contributed by atoms with Crippen LogP contribution in [0.2, 0.25) is 0 Å². The number of benzene rings is 2. The first kappa shape index (κ1) is 19.9. The Bertz CT molecular complexity index is 839. The van der Waals surface area contributed by atoms with Gasteiger partial charge in [-0.3, -0.25) is 9.59 Å². The number of hydrogen-bond donors (Lipinski definition) is 1. The molecule has 3 rings (SSSR count). The fourth-order valence-corrected chi connectivity index (χ4v) is 3.67. The highest BCUT2D eigenvalue weighted by Crippen LogP contribution is 2.24. The Balaban J connectivity index is 1.61. The van der Waals surface area contributed by atoms with Crippen molar-refractivity contribution < 1.29 is 9.59 Å². The zero-order valence-corrected chi connectivity index (χ0v) is 17.0. The van der Waals surface area contributed by atoms with Crippen molar-refractivity contribution >= 4 is 28.9 Å². The van der Waals surface area contributed by atoms with Crippen LogP contribution in [-0.4, -0.2) is 31.4 Å². The summed E-state index contributed by atoms with van der Waals surface area (Å²) in [6, 6.07) is 14.0. The van der Waals surface area contributed by atoms with E-state index in [-0.39, 0.29) is 18.2 Å². The predicted molar refractivity (Wildman–Crippen MR) is 115 cm³/mol. The molecule has 1 aliphatic heterocycles. The third-order valence-electron chi connectivity index (χ3n) is 5.23. The molecule has 5 nitrogen and oxygen atoms in total. The Morgan fingerprint density at radius 1 is 1.04 bits per heavy atom. The monoisotopic (exact) mass is 379 g/mol. The number of rotatable bonds is 6. The highest BCUT2D eigenvalue weighted by Gasteiger charge is 2.16. The summed E-state index contributed by atoms with van der Waals surface area (Å²) in [6.45, 7) is 8.08. The summed E-state index contributed by atoms with van der Waals surface area (Å²) in [7, 11) is 0. The number of amides is 2. The molecule has 0 saturated carbocycles. The summed E-state index contributed by atoms with van der Waals surface area (Å²) in [5, 5.41) is 2.95. The van der Waals surface area contributed by atoms with E-state index in [1.807, 2.05) is 44.2 Å². The van der Waals surface area contributed by atoms with Crippen LogP contribution in [-0.2, 0) is 9.59 Å². The third kappa shape index (κ3) is 4.91. The zero-order chi connectivity index (χ0) is 20.1. The quantitative estimate of drug-likeness (QED) is 0.815. The molecular formula is C23H29N3O2. The number of nitrogens with zero attached hydrogens (tertiary/aromatic N) is 2. The van der Waals surface area contributed by atoms with Crippen molar-refractivity contribution in [2.45, 2.75) is 40.0 Å². The molecule has 2 amide bonds. The van der Waals surface area contributed by atoms with Crippen molar-refractivity contribution in [1.82, 2.24) is 0 Å². The lowest BCUT2D eigenvalue weighted by Crippen LogP contribution is -2.32.